The first kappa shape index (κ1) is 14.1. The minimum atomic E-state index is 0.658. The van der Waals surface area contributed by atoms with Crippen LogP contribution in [-0.2, 0) is 0 Å². The fourth-order valence-corrected chi connectivity index (χ4v) is 2.72. The molecule has 19 heavy (non-hydrogen) atoms. The van der Waals surface area contributed by atoms with E-state index in [9.17, 15) is 4.79 Å². The average Bonchev–Trinajstić information content (AvgIpc) is 2.46. The van der Waals surface area contributed by atoms with Crippen molar-refractivity contribution in [1.82, 2.24) is 4.90 Å². The molecule has 0 aliphatic carbocycles. The van der Waals surface area contributed by atoms with Crippen LogP contribution in [0.2, 0.25) is 0 Å². The summed E-state index contributed by atoms with van der Waals surface area (Å²) in [5.41, 5.74) is 3.05. The molecule has 1 aromatic rings. The van der Waals surface area contributed by atoms with Crippen LogP contribution in [0.25, 0.3) is 0 Å². The lowest BCUT2D eigenvalue weighted by atomic mass is 10.1. The fourth-order valence-electron chi connectivity index (χ4n) is 2.72. The van der Waals surface area contributed by atoms with Crippen molar-refractivity contribution in [3.8, 4) is 0 Å². The highest BCUT2D eigenvalue weighted by atomic mass is 16.1. The lowest BCUT2D eigenvalue weighted by Gasteiger charge is -2.39. The molecule has 1 atom stereocenters. The summed E-state index contributed by atoms with van der Waals surface area (Å²) in [5.74, 6) is 0. The summed E-state index contributed by atoms with van der Waals surface area (Å²) >= 11 is 0. The highest BCUT2D eigenvalue weighted by Gasteiger charge is 2.21. The second kappa shape index (κ2) is 6.20. The van der Waals surface area contributed by atoms with Crippen molar-refractivity contribution in [2.75, 3.05) is 31.1 Å². The molecule has 0 N–H and O–H groups in total. The molecule has 1 fully saturated rings. The van der Waals surface area contributed by atoms with E-state index in [1.54, 1.807) is 0 Å². The van der Waals surface area contributed by atoms with Crippen LogP contribution in [0.5, 0.6) is 0 Å². The van der Waals surface area contributed by atoms with Crippen LogP contribution < -0.4 is 4.90 Å². The molecular weight excluding hydrogens is 236 g/mol. The lowest BCUT2D eigenvalue weighted by Crippen LogP contribution is -2.49. The fraction of sp³-hybridized carbons (Fsp3) is 0.562. The number of anilines is 1. The largest absolute Gasteiger partial charge is 0.368 e. The zero-order chi connectivity index (χ0) is 13.8. The summed E-state index contributed by atoms with van der Waals surface area (Å²) in [4.78, 5) is 16.1. The molecule has 2 rings (SSSR count). The summed E-state index contributed by atoms with van der Waals surface area (Å²) in [7, 11) is 0. The smallest absolute Gasteiger partial charge is 0.152 e. The second-order valence-corrected chi connectivity index (χ2v) is 5.46. The Labute approximate surface area is 116 Å². The minimum Gasteiger partial charge on any atom is -0.368 e. The maximum Gasteiger partial charge on any atom is 0.152 e. The predicted octanol–water partition coefficient (Wildman–Crippen LogP) is 2.73. The molecule has 104 valence electrons. The van der Waals surface area contributed by atoms with Gasteiger partial charge in [0.15, 0.2) is 6.29 Å². The number of benzene rings is 1. The summed E-state index contributed by atoms with van der Waals surface area (Å²) in [6, 6.07) is 6.80. The summed E-state index contributed by atoms with van der Waals surface area (Å²) in [6.07, 6.45) is 2.17. The molecule has 0 aromatic heterocycles. The Morgan fingerprint density at radius 1 is 1.26 bits per heavy atom. The zero-order valence-electron chi connectivity index (χ0n) is 12.2. The molecule has 0 spiro atoms. The topological polar surface area (TPSA) is 23.6 Å². The van der Waals surface area contributed by atoms with Gasteiger partial charge in [-0.2, -0.15) is 0 Å². The number of carbonyl (C=O) groups excluding carboxylic acids is 1. The Balaban J connectivity index is 2.07. The molecule has 0 radical (unpaired) electrons. The minimum absolute atomic E-state index is 0.658. The van der Waals surface area contributed by atoms with E-state index >= 15 is 0 Å². The number of rotatable bonds is 4. The quantitative estimate of drug-likeness (QED) is 0.778. The first-order valence-electron chi connectivity index (χ1n) is 7.20. The molecule has 1 aromatic carbocycles. The van der Waals surface area contributed by atoms with Crippen molar-refractivity contribution in [2.24, 2.45) is 0 Å². The van der Waals surface area contributed by atoms with Gasteiger partial charge < -0.3 is 4.90 Å². The number of aldehydes is 1. The normalized spacial score (nSPS) is 18.4. The molecule has 1 unspecified atom stereocenters. The summed E-state index contributed by atoms with van der Waals surface area (Å²) < 4.78 is 0. The van der Waals surface area contributed by atoms with Gasteiger partial charge in [0.25, 0.3) is 0 Å². The van der Waals surface area contributed by atoms with E-state index in [-0.39, 0.29) is 0 Å². The van der Waals surface area contributed by atoms with Gasteiger partial charge in [-0.05, 0) is 32.4 Å². The third-order valence-electron chi connectivity index (χ3n) is 4.18. The SMILES string of the molecule is CCC(C)N1CCN(c2ccc(C)cc2C=O)CC1. The van der Waals surface area contributed by atoms with Crippen molar-refractivity contribution < 1.29 is 4.79 Å². The van der Waals surface area contributed by atoms with Crippen LogP contribution in [0, 0.1) is 6.92 Å². The monoisotopic (exact) mass is 260 g/mol. The Morgan fingerprint density at radius 2 is 1.95 bits per heavy atom. The zero-order valence-corrected chi connectivity index (χ0v) is 12.2. The van der Waals surface area contributed by atoms with Crippen molar-refractivity contribution in [3.63, 3.8) is 0 Å². The van der Waals surface area contributed by atoms with E-state index in [0.717, 1.165) is 49.3 Å². The number of piperazine rings is 1. The maximum atomic E-state index is 11.2. The first-order valence-corrected chi connectivity index (χ1v) is 7.20. The molecule has 0 amide bonds. The van der Waals surface area contributed by atoms with Gasteiger partial charge in [-0.15, -0.1) is 0 Å². The van der Waals surface area contributed by atoms with Crippen molar-refractivity contribution in [1.29, 1.82) is 0 Å². The van der Waals surface area contributed by atoms with Gasteiger partial charge in [0.05, 0.1) is 0 Å². The van der Waals surface area contributed by atoms with E-state index in [1.165, 1.54) is 6.42 Å². The van der Waals surface area contributed by atoms with Gasteiger partial charge in [0.2, 0.25) is 0 Å². The number of aryl methyl sites for hydroxylation is 1. The van der Waals surface area contributed by atoms with Crippen molar-refractivity contribution in [3.05, 3.63) is 29.3 Å². The Hall–Kier alpha value is -1.35. The Morgan fingerprint density at radius 3 is 2.53 bits per heavy atom. The third kappa shape index (κ3) is 3.16. The van der Waals surface area contributed by atoms with Crippen LogP contribution in [0.1, 0.15) is 36.2 Å². The van der Waals surface area contributed by atoms with Crippen LogP contribution in [-0.4, -0.2) is 43.4 Å². The lowest BCUT2D eigenvalue weighted by molar-refractivity contribution is 0.112. The molecule has 0 bridgehead atoms. The van der Waals surface area contributed by atoms with E-state index in [0.29, 0.717) is 6.04 Å². The van der Waals surface area contributed by atoms with Crippen molar-refractivity contribution >= 4 is 12.0 Å². The Kier molecular flexibility index (Phi) is 4.59. The molecule has 3 nitrogen and oxygen atoms in total. The van der Waals surface area contributed by atoms with Gasteiger partial charge in [0, 0.05) is 43.5 Å². The number of nitrogens with zero attached hydrogens (tertiary/aromatic N) is 2. The molecule has 1 saturated heterocycles. The molecule has 1 aliphatic heterocycles. The van der Waals surface area contributed by atoms with E-state index in [2.05, 4.69) is 35.8 Å². The van der Waals surface area contributed by atoms with Crippen LogP contribution >= 0.6 is 0 Å². The van der Waals surface area contributed by atoms with Crippen LogP contribution in [0.3, 0.4) is 0 Å². The predicted molar refractivity (Wildman–Crippen MR) is 80.1 cm³/mol. The summed E-state index contributed by atoms with van der Waals surface area (Å²) in [6.45, 7) is 10.7. The van der Waals surface area contributed by atoms with Crippen LogP contribution in [0.4, 0.5) is 5.69 Å². The Bertz CT molecular complexity index is 436. The third-order valence-corrected chi connectivity index (χ3v) is 4.18. The second-order valence-electron chi connectivity index (χ2n) is 5.46. The van der Waals surface area contributed by atoms with E-state index in [4.69, 9.17) is 0 Å². The number of carbonyl (C=O) groups is 1. The molecule has 1 aliphatic rings. The van der Waals surface area contributed by atoms with Gasteiger partial charge in [-0.25, -0.2) is 0 Å². The molecule has 3 heteroatoms. The van der Waals surface area contributed by atoms with Gasteiger partial charge >= 0.3 is 0 Å². The highest BCUT2D eigenvalue weighted by Crippen LogP contribution is 2.22. The van der Waals surface area contributed by atoms with Gasteiger partial charge in [-0.1, -0.05) is 18.6 Å². The number of hydrogen-bond acceptors (Lipinski definition) is 3. The van der Waals surface area contributed by atoms with Gasteiger partial charge in [0.1, 0.15) is 0 Å². The average molecular weight is 260 g/mol. The standard InChI is InChI=1S/C16H24N2O/c1-4-14(3)17-7-9-18(10-8-17)16-6-5-13(2)11-15(16)12-19/h5-6,11-12,14H,4,7-10H2,1-3H3. The van der Waals surface area contributed by atoms with Crippen LogP contribution in [0.15, 0.2) is 18.2 Å². The van der Waals surface area contributed by atoms with Gasteiger partial charge in [-0.3, -0.25) is 9.69 Å². The van der Waals surface area contributed by atoms with E-state index in [1.807, 2.05) is 13.0 Å². The number of hydrogen-bond donors (Lipinski definition) is 0. The molecule has 0 saturated carbocycles. The molecular formula is C16H24N2O. The van der Waals surface area contributed by atoms with E-state index < -0.39 is 0 Å². The summed E-state index contributed by atoms with van der Waals surface area (Å²) in [5, 5.41) is 0. The first-order chi connectivity index (χ1) is 9.15. The molecule has 1 heterocycles. The highest BCUT2D eigenvalue weighted by molar-refractivity contribution is 5.85. The van der Waals surface area contributed by atoms with Crippen molar-refractivity contribution in [2.45, 2.75) is 33.2 Å². The maximum absolute atomic E-state index is 11.2.